The Bertz CT molecular complexity index is 503. The lowest BCUT2D eigenvalue weighted by Gasteiger charge is -2.20. The maximum atomic E-state index is 12.3. The van der Waals surface area contributed by atoms with E-state index in [1.807, 2.05) is 24.3 Å². The molecule has 0 spiro atoms. The van der Waals surface area contributed by atoms with Gasteiger partial charge in [0.25, 0.3) is 0 Å². The first kappa shape index (κ1) is 15.5. The number of para-hydroxylation sites is 1. The number of anilines is 1. The van der Waals surface area contributed by atoms with Gasteiger partial charge in [-0.05, 0) is 30.4 Å². The van der Waals surface area contributed by atoms with E-state index in [1.54, 1.807) is 4.90 Å². The zero-order valence-corrected chi connectivity index (χ0v) is 12.9. The number of nitrogens with one attached hydrogen (secondary N) is 1. The molecule has 4 nitrogen and oxygen atoms in total. The fraction of sp³-hybridized carbons (Fsp3) is 0.529. The first-order valence-electron chi connectivity index (χ1n) is 7.79. The minimum Gasteiger partial charge on any atom is -0.334 e. The average Bonchev–Trinajstić information content (AvgIpc) is 2.75. The third kappa shape index (κ3) is 4.06. The quantitative estimate of drug-likeness (QED) is 0.850. The summed E-state index contributed by atoms with van der Waals surface area (Å²) in [7, 11) is 0. The maximum Gasteiger partial charge on any atom is 0.313 e. The highest BCUT2D eigenvalue weighted by molar-refractivity contribution is 6.39. The molecular formula is C17H24N2O2. The Morgan fingerprint density at radius 2 is 1.67 bits per heavy atom. The fourth-order valence-electron chi connectivity index (χ4n) is 2.71. The molecule has 0 saturated carbocycles. The molecule has 1 aromatic carbocycles. The number of benzene rings is 1. The topological polar surface area (TPSA) is 49.4 Å². The smallest absolute Gasteiger partial charge is 0.313 e. The van der Waals surface area contributed by atoms with E-state index in [4.69, 9.17) is 0 Å². The van der Waals surface area contributed by atoms with Crippen molar-refractivity contribution in [1.82, 2.24) is 4.90 Å². The highest BCUT2D eigenvalue weighted by atomic mass is 16.2. The van der Waals surface area contributed by atoms with Crippen LogP contribution in [0.3, 0.4) is 0 Å². The molecule has 0 atom stereocenters. The van der Waals surface area contributed by atoms with Crippen molar-refractivity contribution in [3.05, 3.63) is 29.8 Å². The maximum absolute atomic E-state index is 12.3. The molecule has 1 aliphatic rings. The molecule has 0 aliphatic carbocycles. The number of hydrogen-bond donors (Lipinski definition) is 1. The van der Waals surface area contributed by atoms with Gasteiger partial charge >= 0.3 is 11.8 Å². The van der Waals surface area contributed by atoms with Crippen molar-refractivity contribution in [2.24, 2.45) is 0 Å². The predicted octanol–water partition coefficient (Wildman–Crippen LogP) is 3.15. The number of rotatable bonds is 2. The highest BCUT2D eigenvalue weighted by Gasteiger charge is 2.23. The molecule has 4 heteroatoms. The second kappa shape index (κ2) is 7.25. The van der Waals surface area contributed by atoms with Crippen LogP contribution in [0, 0.1) is 0 Å². The Kier molecular flexibility index (Phi) is 5.37. The number of hydrogen-bond acceptors (Lipinski definition) is 2. The lowest BCUT2D eigenvalue weighted by Crippen LogP contribution is -2.40. The summed E-state index contributed by atoms with van der Waals surface area (Å²) in [5.74, 6) is -0.629. The van der Waals surface area contributed by atoms with Crippen LogP contribution in [-0.2, 0) is 9.59 Å². The van der Waals surface area contributed by atoms with Crippen molar-refractivity contribution in [3.8, 4) is 0 Å². The Hall–Kier alpha value is -1.84. The van der Waals surface area contributed by atoms with Gasteiger partial charge in [0, 0.05) is 18.8 Å². The fourth-order valence-corrected chi connectivity index (χ4v) is 2.71. The van der Waals surface area contributed by atoms with Gasteiger partial charge < -0.3 is 10.2 Å². The van der Waals surface area contributed by atoms with Gasteiger partial charge in [0.05, 0.1) is 0 Å². The van der Waals surface area contributed by atoms with Crippen LogP contribution in [0.15, 0.2) is 24.3 Å². The van der Waals surface area contributed by atoms with Crippen LogP contribution in [0.25, 0.3) is 0 Å². The van der Waals surface area contributed by atoms with Gasteiger partial charge in [-0.15, -0.1) is 0 Å². The molecule has 1 aromatic rings. The summed E-state index contributed by atoms with van der Waals surface area (Å²) in [5.41, 5.74) is 1.79. The number of carbonyl (C=O) groups excluding carboxylic acids is 2. The molecule has 1 heterocycles. The van der Waals surface area contributed by atoms with E-state index in [9.17, 15) is 9.59 Å². The van der Waals surface area contributed by atoms with Crippen molar-refractivity contribution in [2.45, 2.75) is 45.4 Å². The second-order valence-corrected chi connectivity index (χ2v) is 5.90. The summed E-state index contributed by atoms with van der Waals surface area (Å²) >= 11 is 0. The Morgan fingerprint density at radius 3 is 2.29 bits per heavy atom. The third-order valence-electron chi connectivity index (χ3n) is 3.92. The molecule has 0 bridgehead atoms. The van der Waals surface area contributed by atoms with Gasteiger partial charge in [0.1, 0.15) is 0 Å². The van der Waals surface area contributed by atoms with Crippen LogP contribution in [0.1, 0.15) is 51.0 Å². The Balaban J connectivity index is 2.05. The third-order valence-corrected chi connectivity index (χ3v) is 3.92. The minimum atomic E-state index is -0.523. The van der Waals surface area contributed by atoms with Crippen LogP contribution in [0.5, 0.6) is 0 Å². The highest BCUT2D eigenvalue weighted by Crippen LogP contribution is 2.23. The number of nitrogens with zero attached hydrogens (tertiary/aromatic N) is 1. The van der Waals surface area contributed by atoms with Gasteiger partial charge in [-0.1, -0.05) is 44.9 Å². The van der Waals surface area contributed by atoms with E-state index in [-0.39, 0.29) is 0 Å². The van der Waals surface area contributed by atoms with E-state index >= 15 is 0 Å². The molecule has 1 aliphatic heterocycles. The van der Waals surface area contributed by atoms with E-state index in [0.29, 0.717) is 19.0 Å². The number of amides is 2. The van der Waals surface area contributed by atoms with Crippen molar-refractivity contribution >= 4 is 17.5 Å². The molecular weight excluding hydrogens is 264 g/mol. The zero-order chi connectivity index (χ0) is 15.2. The standard InChI is InChI=1S/C17H24N2O2/c1-13(2)14-9-5-6-10-15(14)18-16(20)17(21)19-11-7-3-4-8-12-19/h5-6,9-10,13H,3-4,7-8,11-12H2,1-2H3,(H,18,20). The summed E-state index contributed by atoms with van der Waals surface area (Å²) in [4.78, 5) is 26.1. The van der Waals surface area contributed by atoms with Crippen molar-refractivity contribution in [3.63, 3.8) is 0 Å². The predicted molar refractivity (Wildman–Crippen MR) is 84.2 cm³/mol. The van der Waals surface area contributed by atoms with Crippen LogP contribution in [0.2, 0.25) is 0 Å². The first-order chi connectivity index (χ1) is 10.1. The van der Waals surface area contributed by atoms with Crippen molar-refractivity contribution < 1.29 is 9.59 Å². The lowest BCUT2D eigenvalue weighted by molar-refractivity contribution is -0.143. The van der Waals surface area contributed by atoms with Gasteiger partial charge in [-0.3, -0.25) is 9.59 Å². The molecule has 1 fully saturated rings. The zero-order valence-electron chi connectivity index (χ0n) is 12.9. The van der Waals surface area contributed by atoms with Crippen molar-refractivity contribution in [2.75, 3.05) is 18.4 Å². The van der Waals surface area contributed by atoms with Gasteiger partial charge in [0.2, 0.25) is 0 Å². The molecule has 1 saturated heterocycles. The molecule has 2 rings (SSSR count). The lowest BCUT2D eigenvalue weighted by atomic mass is 10.0. The summed E-state index contributed by atoms with van der Waals surface area (Å²) in [6, 6.07) is 7.65. The molecule has 114 valence electrons. The molecule has 2 amide bonds. The van der Waals surface area contributed by atoms with Crippen LogP contribution >= 0.6 is 0 Å². The van der Waals surface area contributed by atoms with Crippen LogP contribution < -0.4 is 5.32 Å². The van der Waals surface area contributed by atoms with Crippen LogP contribution in [-0.4, -0.2) is 29.8 Å². The minimum absolute atomic E-state index is 0.301. The summed E-state index contributed by atoms with van der Waals surface area (Å²) < 4.78 is 0. The van der Waals surface area contributed by atoms with Gasteiger partial charge in [-0.2, -0.15) is 0 Å². The van der Waals surface area contributed by atoms with Crippen LogP contribution in [0.4, 0.5) is 5.69 Å². The normalized spacial score (nSPS) is 15.7. The average molecular weight is 288 g/mol. The largest absolute Gasteiger partial charge is 0.334 e. The summed E-state index contributed by atoms with van der Waals surface area (Å²) in [5, 5.41) is 2.78. The van der Waals surface area contributed by atoms with E-state index < -0.39 is 11.8 Å². The summed E-state index contributed by atoms with van der Waals surface area (Å²) in [6.45, 7) is 5.53. The molecule has 1 N–H and O–H groups in total. The second-order valence-electron chi connectivity index (χ2n) is 5.90. The first-order valence-corrected chi connectivity index (χ1v) is 7.79. The molecule has 0 aromatic heterocycles. The Morgan fingerprint density at radius 1 is 1.05 bits per heavy atom. The number of likely N-dealkylation sites (tertiary alicyclic amines) is 1. The van der Waals surface area contributed by atoms with Gasteiger partial charge in [0.15, 0.2) is 0 Å². The monoisotopic (exact) mass is 288 g/mol. The Labute approximate surface area is 126 Å². The van der Waals surface area contributed by atoms with Crippen molar-refractivity contribution in [1.29, 1.82) is 0 Å². The molecule has 21 heavy (non-hydrogen) atoms. The van der Waals surface area contributed by atoms with Gasteiger partial charge in [-0.25, -0.2) is 0 Å². The molecule has 0 unspecified atom stereocenters. The van der Waals surface area contributed by atoms with E-state index in [2.05, 4.69) is 19.2 Å². The SMILES string of the molecule is CC(C)c1ccccc1NC(=O)C(=O)N1CCCCCC1. The summed E-state index contributed by atoms with van der Waals surface area (Å²) in [6.07, 6.45) is 4.26. The van der Waals surface area contributed by atoms with E-state index in [0.717, 1.165) is 36.9 Å². The molecule has 0 radical (unpaired) electrons. The van der Waals surface area contributed by atoms with E-state index in [1.165, 1.54) is 0 Å². The number of carbonyl (C=O) groups is 2.